The summed E-state index contributed by atoms with van der Waals surface area (Å²) in [4.78, 5) is 14.4. The summed E-state index contributed by atoms with van der Waals surface area (Å²) in [6.07, 6.45) is 1.28. The first kappa shape index (κ1) is 19.3. The van der Waals surface area contributed by atoms with Crippen molar-refractivity contribution in [1.29, 1.82) is 0 Å². The zero-order valence-electron chi connectivity index (χ0n) is 16.2. The maximum atomic E-state index is 14.0. The van der Waals surface area contributed by atoms with Gasteiger partial charge >= 0.3 is 0 Å². The van der Waals surface area contributed by atoms with Crippen molar-refractivity contribution in [3.8, 4) is 0 Å². The van der Waals surface area contributed by atoms with E-state index in [9.17, 15) is 14.3 Å². The molecule has 148 valence electrons. The number of piperidine rings is 1. The van der Waals surface area contributed by atoms with Crippen molar-refractivity contribution in [2.75, 3.05) is 13.1 Å². The summed E-state index contributed by atoms with van der Waals surface area (Å²) < 4.78 is 14.0. The fourth-order valence-electron chi connectivity index (χ4n) is 4.33. The highest BCUT2D eigenvalue weighted by Crippen LogP contribution is 2.42. The van der Waals surface area contributed by atoms with Crippen LogP contribution in [-0.4, -0.2) is 29.0 Å². The Kier molecular flexibility index (Phi) is 5.45. The van der Waals surface area contributed by atoms with Crippen LogP contribution in [0.1, 0.15) is 34.3 Å². The number of aliphatic hydroxyl groups is 1. The number of benzene rings is 3. The number of hydrogen-bond acceptors (Lipinski definition) is 2. The van der Waals surface area contributed by atoms with Gasteiger partial charge in [-0.2, -0.15) is 0 Å². The van der Waals surface area contributed by atoms with E-state index in [0.717, 1.165) is 11.1 Å². The van der Waals surface area contributed by atoms with Gasteiger partial charge in [0.1, 0.15) is 11.4 Å². The third-order valence-electron chi connectivity index (χ3n) is 5.91. The zero-order chi connectivity index (χ0) is 20.3. The quantitative estimate of drug-likeness (QED) is 0.708. The van der Waals surface area contributed by atoms with Gasteiger partial charge in [-0.1, -0.05) is 72.8 Å². The predicted molar refractivity (Wildman–Crippen MR) is 111 cm³/mol. The van der Waals surface area contributed by atoms with E-state index in [1.54, 1.807) is 17.0 Å². The SMILES string of the molecule is O=C(c1ccccc1F)N1CCC(C(O)(c2ccccc2)c2ccccc2)CC1. The maximum Gasteiger partial charge on any atom is 0.256 e. The van der Waals surface area contributed by atoms with E-state index < -0.39 is 11.4 Å². The van der Waals surface area contributed by atoms with E-state index >= 15 is 0 Å². The molecule has 3 aromatic rings. The molecule has 0 unspecified atom stereocenters. The summed E-state index contributed by atoms with van der Waals surface area (Å²) in [5, 5.41) is 11.9. The van der Waals surface area contributed by atoms with Gasteiger partial charge in [0.25, 0.3) is 5.91 Å². The van der Waals surface area contributed by atoms with Crippen LogP contribution in [0.15, 0.2) is 84.9 Å². The van der Waals surface area contributed by atoms with Gasteiger partial charge < -0.3 is 10.0 Å². The summed E-state index contributed by atoms with van der Waals surface area (Å²) in [6.45, 7) is 0.972. The first-order chi connectivity index (χ1) is 14.1. The van der Waals surface area contributed by atoms with E-state index in [1.165, 1.54) is 12.1 Å². The van der Waals surface area contributed by atoms with Gasteiger partial charge in [0.05, 0.1) is 5.56 Å². The molecule has 0 radical (unpaired) electrons. The minimum absolute atomic E-state index is 0.0445. The Bertz CT molecular complexity index is 927. The van der Waals surface area contributed by atoms with E-state index in [2.05, 4.69) is 0 Å². The van der Waals surface area contributed by atoms with E-state index in [4.69, 9.17) is 0 Å². The molecule has 1 saturated heterocycles. The van der Waals surface area contributed by atoms with Gasteiger partial charge in [0.2, 0.25) is 0 Å². The molecule has 4 heteroatoms. The number of likely N-dealkylation sites (tertiary alicyclic amines) is 1. The molecule has 1 N–H and O–H groups in total. The molecule has 1 amide bonds. The number of hydrogen-bond donors (Lipinski definition) is 1. The first-order valence-electron chi connectivity index (χ1n) is 9.98. The van der Waals surface area contributed by atoms with Crippen LogP contribution in [0.4, 0.5) is 4.39 Å². The molecule has 0 saturated carbocycles. The van der Waals surface area contributed by atoms with E-state index in [-0.39, 0.29) is 17.4 Å². The van der Waals surface area contributed by atoms with Crippen molar-refractivity contribution in [1.82, 2.24) is 4.90 Å². The Morgan fingerprint density at radius 3 is 1.83 bits per heavy atom. The largest absolute Gasteiger partial charge is 0.380 e. The van der Waals surface area contributed by atoms with Crippen molar-refractivity contribution in [2.24, 2.45) is 5.92 Å². The third kappa shape index (κ3) is 3.68. The fourth-order valence-corrected chi connectivity index (χ4v) is 4.33. The third-order valence-corrected chi connectivity index (χ3v) is 5.91. The summed E-state index contributed by atoms with van der Waals surface area (Å²) in [5.41, 5.74) is 0.679. The Labute approximate surface area is 170 Å². The van der Waals surface area contributed by atoms with Crippen molar-refractivity contribution in [3.05, 3.63) is 107 Å². The second-order valence-electron chi connectivity index (χ2n) is 7.54. The van der Waals surface area contributed by atoms with Crippen LogP contribution in [0.3, 0.4) is 0 Å². The highest BCUT2D eigenvalue weighted by atomic mass is 19.1. The fraction of sp³-hybridized carbons (Fsp3) is 0.240. The predicted octanol–water partition coefficient (Wildman–Crippen LogP) is 4.61. The normalized spacial score (nSPS) is 15.3. The van der Waals surface area contributed by atoms with Crippen LogP contribution in [-0.2, 0) is 5.60 Å². The molecular weight excluding hydrogens is 365 g/mol. The Hall–Kier alpha value is -2.98. The van der Waals surface area contributed by atoms with Crippen LogP contribution >= 0.6 is 0 Å². The standard InChI is InChI=1S/C25H24FNO2/c26-23-14-8-7-13-22(23)24(28)27-17-15-21(16-18-27)25(29,19-9-3-1-4-10-19)20-11-5-2-6-12-20/h1-14,21,29H,15-18H2. The smallest absolute Gasteiger partial charge is 0.256 e. The molecule has 0 aromatic heterocycles. The molecule has 0 aliphatic carbocycles. The van der Waals surface area contributed by atoms with Crippen molar-refractivity contribution in [3.63, 3.8) is 0 Å². The van der Waals surface area contributed by atoms with Crippen LogP contribution in [0.5, 0.6) is 0 Å². The molecule has 1 aliphatic heterocycles. The molecule has 1 aliphatic rings. The number of rotatable bonds is 4. The number of halogens is 1. The molecule has 0 bridgehead atoms. The summed E-state index contributed by atoms with van der Waals surface area (Å²) in [6, 6.07) is 25.5. The number of carbonyl (C=O) groups excluding carboxylic acids is 1. The molecule has 3 aromatic carbocycles. The van der Waals surface area contributed by atoms with Gasteiger partial charge in [-0.3, -0.25) is 4.79 Å². The molecule has 1 heterocycles. The Morgan fingerprint density at radius 2 is 1.31 bits per heavy atom. The number of amides is 1. The van der Waals surface area contributed by atoms with E-state index in [0.29, 0.717) is 25.9 Å². The first-order valence-corrected chi connectivity index (χ1v) is 9.98. The molecular formula is C25H24FNO2. The van der Waals surface area contributed by atoms with Crippen molar-refractivity contribution < 1.29 is 14.3 Å². The van der Waals surface area contributed by atoms with E-state index in [1.807, 2.05) is 60.7 Å². The monoisotopic (exact) mass is 389 g/mol. The van der Waals surface area contributed by atoms with Crippen molar-refractivity contribution >= 4 is 5.91 Å². The minimum atomic E-state index is -1.13. The Balaban J connectivity index is 1.58. The van der Waals surface area contributed by atoms with Gasteiger partial charge in [-0.05, 0) is 42.0 Å². The lowest BCUT2D eigenvalue weighted by Crippen LogP contribution is -2.46. The lowest BCUT2D eigenvalue weighted by atomic mass is 9.72. The highest BCUT2D eigenvalue weighted by molar-refractivity contribution is 5.94. The molecule has 29 heavy (non-hydrogen) atoms. The molecule has 0 spiro atoms. The molecule has 3 nitrogen and oxygen atoms in total. The maximum absolute atomic E-state index is 14.0. The zero-order valence-corrected chi connectivity index (χ0v) is 16.2. The summed E-state index contributed by atoms with van der Waals surface area (Å²) >= 11 is 0. The lowest BCUT2D eigenvalue weighted by molar-refractivity contribution is -0.0123. The van der Waals surface area contributed by atoms with Crippen LogP contribution in [0.2, 0.25) is 0 Å². The van der Waals surface area contributed by atoms with Gasteiger partial charge in [0, 0.05) is 13.1 Å². The van der Waals surface area contributed by atoms with Gasteiger partial charge in [-0.25, -0.2) is 4.39 Å². The summed E-state index contributed by atoms with van der Waals surface area (Å²) in [5.74, 6) is -0.828. The van der Waals surface area contributed by atoms with Crippen LogP contribution < -0.4 is 0 Å². The highest BCUT2D eigenvalue weighted by Gasteiger charge is 2.42. The topological polar surface area (TPSA) is 40.5 Å². The van der Waals surface area contributed by atoms with Crippen LogP contribution in [0, 0.1) is 11.7 Å². The Morgan fingerprint density at radius 1 is 0.828 bits per heavy atom. The second-order valence-corrected chi connectivity index (χ2v) is 7.54. The van der Waals surface area contributed by atoms with Crippen molar-refractivity contribution in [2.45, 2.75) is 18.4 Å². The van der Waals surface area contributed by atoms with Gasteiger partial charge in [0.15, 0.2) is 0 Å². The molecule has 4 rings (SSSR count). The second kappa shape index (κ2) is 8.18. The van der Waals surface area contributed by atoms with Gasteiger partial charge in [-0.15, -0.1) is 0 Å². The average molecular weight is 389 g/mol. The number of nitrogens with zero attached hydrogens (tertiary/aromatic N) is 1. The lowest BCUT2D eigenvalue weighted by Gasteiger charge is -2.42. The number of carbonyl (C=O) groups is 1. The molecule has 0 atom stereocenters. The molecule has 1 fully saturated rings. The summed E-state index contributed by atoms with van der Waals surface area (Å²) in [7, 11) is 0. The average Bonchev–Trinajstić information content (AvgIpc) is 2.80. The minimum Gasteiger partial charge on any atom is -0.380 e. The van der Waals surface area contributed by atoms with Crippen LogP contribution in [0.25, 0.3) is 0 Å².